The third kappa shape index (κ3) is 6.47. The molecular formula is C20H30F2N2O3S. The van der Waals surface area contributed by atoms with Crippen LogP contribution in [0.4, 0.5) is 8.78 Å². The van der Waals surface area contributed by atoms with Gasteiger partial charge in [0.15, 0.2) is 11.5 Å². The average Bonchev–Trinajstić information content (AvgIpc) is 2.67. The highest BCUT2D eigenvalue weighted by molar-refractivity contribution is 7.99. The van der Waals surface area contributed by atoms with Crippen LogP contribution in [0.1, 0.15) is 18.4 Å². The van der Waals surface area contributed by atoms with Crippen molar-refractivity contribution in [1.82, 2.24) is 9.80 Å². The summed E-state index contributed by atoms with van der Waals surface area (Å²) in [6, 6.07) is 5.50. The van der Waals surface area contributed by atoms with Gasteiger partial charge in [-0.05, 0) is 30.7 Å². The number of halogens is 2. The summed E-state index contributed by atoms with van der Waals surface area (Å²) in [6.45, 7) is 3.72. The Labute approximate surface area is 170 Å². The van der Waals surface area contributed by atoms with Gasteiger partial charge in [0.2, 0.25) is 0 Å². The summed E-state index contributed by atoms with van der Waals surface area (Å²) >= 11 is 1.94. The SMILES string of the molecule is COc1cc(CN2CCCC(F)(F)C2)ccc1OCC(O)CN1CCSCC1. The third-order valence-corrected chi connectivity index (χ3v) is 6.05. The molecule has 0 spiro atoms. The first kappa shape index (κ1) is 21.6. The normalized spacial score (nSPS) is 22.0. The van der Waals surface area contributed by atoms with Crippen molar-refractivity contribution in [3.8, 4) is 11.5 Å². The lowest BCUT2D eigenvalue weighted by atomic mass is 10.1. The fraction of sp³-hybridized carbons (Fsp3) is 0.700. The van der Waals surface area contributed by atoms with E-state index in [4.69, 9.17) is 9.47 Å². The average molecular weight is 417 g/mol. The highest BCUT2D eigenvalue weighted by atomic mass is 32.2. The molecule has 3 rings (SSSR count). The number of nitrogens with zero attached hydrogens (tertiary/aromatic N) is 2. The van der Waals surface area contributed by atoms with Gasteiger partial charge in [-0.1, -0.05) is 6.07 Å². The lowest BCUT2D eigenvalue weighted by Gasteiger charge is -2.32. The predicted octanol–water partition coefficient (Wildman–Crippen LogP) is 2.71. The second-order valence-corrected chi connectivity index (χ2v) is 8.76. The van der Waals surface area contributed by atoms with E-state index in [1.165, 1.54) is 0 Å². The van der Waals surface area contributed by atoms with E-state index in [1.54, 1.807) is 18.1 Å². The van der Waals surface area contributed by atoms with Crippen molar-refractivity contribution in [1.29, 1.82) is 0 Å². The molecular weight excluding hydrogens is 386 g/mol. The largest absolute Gasteiger partial charge is 0.493 e. The quantitative estimate of drug-likeness (QED) is 0.703. The molecule has 2 saturated heterocycles. The number of aliphatic hydroxyl groups excluding tert-OH is 1. The van der Waals surface area contributed by atoms with Crippen LogP contribution >= 0.6 is 11.8 Å². The van der Waals surface area contributed by atoms with Crippen molar-refractivity contribution in [2.24, 2.45) is 0 Å². The minimum Gasteiger partial charge on any atom is -0.493 e. The molecule has 158 valence electrons. The number of benzene rings is 1. The van der Waals surface area contributed by atoms with Crippen LogP contribution in [-0.2, 0) is 6.54 Å². The van der Waals surface area contributed by atoms with Crippen LogP contribution in [0, 0.1) is 0 Å². The predicted molar refractivity (Wildman–Crippen MR) is 108 cm³/mol. The summed E-state index contributed by atoms with van der Waals surface area (Å²) in [6.07, 6.45) is -0.0834. The monoisotopic (exact) mass is 416 g/mol. The fourth-order valence-corrected chi connectivity index (χ4v) is 4.67. The number of thioether (sulfide) groups is 1. The number of likely N-dealkylation sites (tertiary alicyclic amines) is 1. The first-order valence-electron chi connectivity index (χ1n) is 9.83. The van der Waals surface area contributed by atoms with Gasteiger partial charge in [-0.15, -0.1) is 0 Å². The molecule has 0 radical (unpaired) electrons. The molecule has 2 aliphatic heterocycles. The number of methoxy groups -OCH3 is 1. The van der Waals surface area contributed by atoms with Crippen LogP contribution in [0.25, 0.3) is 0 Å². The molecule has 1 atom stereocenters. The molecule has 2 fully saturated rings. The smallest absolute Gasteiger partial charge is 0.260 e. The van der Waals surface area contributed by atoms with E-state index < -0.39 is 12.0 Å². The van der Waals surface area contributed by atoms with Crippen molar-refractivity contribution in [3.05, 3.63) is 23.8 Å². The zero-order valence-corrected chi connectivity index (χ0v) is 17.2. The lowest BCUT2D eigenvalue weighted by molar-refractivity contribution is -0.0661. The molecule has 1 unspecified atom stereocenters. The van der Waals surface area contributed by atoms with Crippen molar-refractivity contribution in [2.45, 2.75) is 31.4 Å². The molecule has 5 nitrogen and oxygen atoms in total. The Balaban J connectivity index is 1.52. The van der Waals surface area contributed by atoms with E-state index >= 15 is 0 Å². The van der Waals surface area contributed by atoms with E-state index in [9.17, 15) is 13.9 Å². The first-order chi connectivity index (χ1) is 13.4. The molecule has 8 heteroatoms. The third-order valence-electron chi connectivity index (χ3n) is 5.11. The van der Waals surface area contributed by atoms with Gasteiger partial charge in [-0.25, -0.2) is 8.78 Å². The van der Waals surface area contributed by atoms with E-state index in [-0.39, 0.29) is 19.6 Å². The van der Waals surface area contributed by atoms with Gasteiger partial charge in [0.1, 0.15) is 12.7 Å². The molecule has 28 heavy (non-hydrogen) atoms. The van der Waals surface area contributed by atoms with Crippen LogP contribution in [-0.4, -0.2) is 84.9 Å². The minimum atomic E-state index is -2.60. The standard InChI is InChI=1S/C20H30F2N2O3S/c1-26-19-11-16(12-24-6-2-5-20(21,22)15-24)3-4-18(19)27-14-17(25)13-23-7-9-28-10-8-23/h3-4,11,17,25H,2,5-10,12-15H2,1H3. The van der Waals surface area contributed by atoms with Gasteiger partial charge in [0.05, 0.1) is 13.7 Å². The summed E-state index contributed by atoms with van der Waals surface area (Å²) in [4.78, 5) is 4.03. The number of rotatable bonds is 8. The Kier molecular flexibility index (Phi) is 7.79. The number of alkyl halides is 2. The molecule has 1 aromatic rings. The van der Waals surface area contributed by atoms with Crippen LogP contribution in [0.2, 0.25) is 0 Å². The van der Waals surface area contributed by atoms with E-state index in [0.717, 1.165) is 30.2 Å². The highest BCUT2D eigenvalue weighted by Crippen LogP contribution is 2.31. The Hall–Kier alpha value is -1.09. The number of piperidine rings is 1. The lowest BCUT2D eigenvalue weighted by Crippen LogP contribution is -2.42. The molecule has 0 bridgehead atoms. The van der Waals surface area contributed by atoms with Gasteiger partial charge in [0.25, 0.3) is 5.92 Å². The summed E-state index contributed by atoms with van der Waals surface area (Å²) in [7, 11) is 1.56. The zero-order chi connectivity index (χ0) is 20.0. The van der Waals surface area contributed by atoms with E-state index in [2.05, 4.69) is 4.90 Å². The molecule has 0 aliphatic carbocycles. The number of ether oxygens (including phenoxy) is 2. The Morgan fingerprint density at radius 2 is 1.96 bits per heavy atom. The van der Waals surface area contributed by atoms with Gasteiger partial charge in [-0.3, -0.25) is 9.80 Å². The number of hydrogen-bond donors (Lipinski definition) is 1. The molecule has 1 aromatic carbocycles. The summed E-state index contributed by atoms with van der Waals surface area (Å²) < 4.78 is 38.4. The fourth-order valence-electron chi connectivity index (χ4n) is 3.69. The maximum absolute atomic E-state index is 13.6. The Morgan fingerprint density at radius 1 is 1.18 bits per heavy atom. The molecule has 2 aliphatic rings. The van der Waals surface area contributed by atoms with Crippen molar-refractivity contribution in [2.75, 3.05) is 57.9 Å². The number of aliphatic hydroxyl groups is 1. The Bertz CT molecular complexity index is 629. The molecule has 0 aromatic heterocycles. The molecule has 0 amide bonds. The Morgan fingerprint density at radius 3 is 2.68 bits per heavy atom. The maximum atomic E-state index is 13.6. The van der Waals surface area contributed by atoms with Gasteiger partial charge < -0.3 is 14.6 Å². The summed E-state index contributed by atoms with van der Waals surface area (Å²) in [5.41, 5.74) is 0.910. The van der Waals surface area contributed by atoms with Gasteiger partial charge in [-0.2, -0.15) is 11.8 Å². The van der Waals surface area contributed by atoms with Crippen molar-refractivity contribution < 1.29 is 23.4 Å². The van der Waals surface area contributed by atoms with Gasteiger partial charge in [0, 0.05) is 44.1 Å². The summed E-state index contributed by atoms with van der Waals surface area (Å²) in [5.74, 6) is 0.720. The van der Waals surface area contributed by atoms with Crippen molar-refractivity contribution in [3.63, 3.8) is 0 Å². The van der Waals surface area contributed by atoms with Crippen LogP contribution in [0.15, 0.2) is 18.2 Å². The second-order valence-electron chi connectivity index (χ2n) is 7.53. The topological polar surface area (TPSA) is 45.2 Å². The second kappa shape index (κ2) is 10.1. The van der Waals surface area contributed by atoms with Crippen LogP contribution < -0.4 is 9.47 Å². The maximum Gasteiger partial charge on any atom is 0.260 e. The number of hydrogen-bond acceptors (Lipinski definition) is 6. The first-order valence-corrected chi connectivity index (χ1v) is 11.0. The van der Waals surface area contributed by atoms with Crippen LogP contribution in [0.5, 0.6) is 11.5 Å². The highest BCUT2D eigenvalue weighted by Gasteiger charge is 2.34. The van der Waals surface area contributed by atoms with Crippen molar-refractivity contribution >= 4 is 11.8 Å². The van der Waals surface area contributed by atoms with Gasteiger partial charge >= 0.3 is 0 Å². The molecule has 1 N–H and O–H groups in total. The zero-order valence-electron chi connectivity index (χ0n) is 16.4. The summed E-state index contributed by atoms with van der Waals surface area (Å²) in [5, 5.41) is 10.3. The van der Waals surface area contributed by atoms with E-state index in [0.29, 0.717) is 37.6 Å². The van der Waals surface area contributed by atoms with Crippen LogP contribution in [0.3, 0.4) is 0 Å². The minimum absolute atomic E-state index is 0.0296. The molecule has 2 heterocycles. The molecule has 0 saturated carbocycles. The van der Waals surface area contributed by atoms with E-state index in [1.807, 2.05) is 23.9 Å². The number of β-amino-alcohol motifs (C(OH)–C–C–N with tert-alkyl or cyclic N) is 1.